The predicted molar refractivity (Wildman–Crippen MR) is 73.7 cm³/mol. The number of nitrogens with zero attached hydrogens (tertiary/aromatic N) is 1. The molecule has 0 saturated carbocycles. The lowest BCUT2D eigenvalue weighted by molar-refractivity contribution is 0.0686. The van der Waals surface area contributed by atoms with Gasteiger partial charge in [-0.15, -0.1) is 0 Å². The number of aromatic hydroxyl groups is 1. The fourth-order valence-electron chi connectivity index (χ4n) is 2.01. The number of carboxylic acid groups (broad SMARTS) is 1. The Morgan fingerprint density at radius 1 is 1.30 bits per heavy atom. The van der Waals surface area contributed by atoms with Crippen molar-refractivity contribution in [3.8, 4) is 17.1 Å². The summed E-state index contributed by atoms with van der Waals surface area (Å²) in [6, 6.07) is 6.53. The minimum absolute atomic E-state index is 0.0377. The largest absolute Gasteiger partial charge is 0.507 e. The summed E-state index contributed by atoms with van der Waals surface area (Å²) < 4.78 is 4.99. The first-order valence-electron chi connectivity index (χ1n) is 6.28. The Morgan fingerprint density at radius 3 is 2.55 bits per heavy atom. The summed E-state index contributed by atoms with van der Waals surface area (Å²) in [5, 5.41) is 22.2. The van der Waals surface area contributed by atoms with Gasteiger partial charge in [0.1, 0.15) is 5.75 Å². The molecule has 1 aromatic carbocycles. The third-order valence-corrected chi connectivity index (χ3v) is 2.79. The van der Waals surface area contributed by atoms with E-state index in [4.69, 9.17) is 9.63 Å². The normalized spacial score (nSPS) is 11.6. The maximum absolute atomic E-state index is 10.8. The van der Waals surface area contributed by atoms with Gasteiger partial charge in [0.25, 0.3) is 0 Å². The quantitative estimate of drug-likeness (QED) is 0.897. The molecule has 5 heteroatoms. The van der Waals surface area contributed by atoms with Gasteiger partial charge in [-0.2, -0.15) is 0 Å². The Kier molecular flexibility index (Phi) is 3.53. The molecule has 5 nitrogen and oxygen atoms in total. The Balaban J connectivity index is 2.39. The molecular formula is C15H17NO4. The van der Waals surface area contributed by atoms with Crippen LogP contribution in [0.3, 0.4) is 0 Å². The Hall–Kier alpha value is -2.30. The van der Waals surface area contributed by atoms with E-state index >= 15 is 0 Å². The van der Waals surface area contributed by atoms with E-state index in [-0.39, 0.29) is 22.6 Å². The molecular weight excluding hydrogens is 258 g/mol. The number of aromatic carboxylic acids is 1. The second-order valence-electron chi connectivity index (χ2n) is 5.97. The number of aromatic nitrogens is 1. The van der Waals surface area contributed by atoms with Crippen LogP contribution in [0.25, 0.3) is 11.3 Å². The fourth-order valence-corrected chi connectivity index (χ4v) is 2.01. The van der Waals surface area contributed by atoms with E-state index in [1.165, 1.54) is 6.07 Å². The predicted octanol–water partition coefficient (Wildman–Crippen LogP) is 3.33. The highest BCUT2D eigenvalue weighted by atomic mass is 16.5. The van der Waals surface area contributed by atoms with Crippen molar-refractivity contribution >= 4 is 5.97 Å². The first-order valence-corrected chi connectivity index (χ1v) is 6.28. The lowest BCUT2D eigenvalue weighted by Crippen LogP contribution is -2.09. The van der Waals surface area contributed by atoms with Crippen molar-refractivity contribution in [3.05, 3.63) is 35.5 Å². The second kappa shape index (κ2) is 5.00. The van der Waals surface area contributed by atoms with Gasteiger partial charge in [0, 0.05) is 6.07 Å². The van der Waals surface area contributed by atoms with Gasteiger partial charge in [-0.1, -0.05) is 32.0 Å². The van der Waals surface area contributed by atoms with Crippen LogP contribution in [-0.2, 0) is 6.42 Å². The Bertz CT molecular complexity index is 638. The molecule has 0 atom stereocenters. The summed E-state index contributed by atoms with van der Waals surface area (Å²) in [5.74, 6) is -0.878. The van der Waals surface area contributed by atoms with Crippen LogP contribution in [0, 0.1) is 5.41 Å². The molecule has 0 radical (unpaired) electrons. The molecule has 1 aromatic heterocycles. The summed E-state index contributed by atoms with van der Waals surface area (Å²) in [5.41, 5.74) is 1.42. The maximum Gasteiger partial charge on any atom is 0.358 e. The topological polar surface area (TPSA) is 83.6 Å². The van der Waals surface area contributed by atoms with E-state index in [0.29, 0.717) is 5.56 Å². The number of hydrogen-bond donors (Lipinski definition) is 2. The van der Waals surface area contributed by atoms with Crippen LogP contribution in [0.4, 0.5) is 0 Å². The zero-order chi connectivity index (χ0) is 14.9. The monoisotopic (exact) mass is 275 g/mol. The number of rotatable bonds is 3. The first kappa shape index (κ1) is 14.1. The number of phenolic OH excluding ortho intramolecular Hbond substituents is 1. The molecule has 20 heavy (non-hydrogen) atoms. The number of carbonyl (C=O) groups is 1. The van der Waals surface area contributed by atoms with Gasteiger partial charge < -0.3 is 14.7 Å². The van der Waals surface area contributed by atoms with E-state index in [1.807, 2.05) is 6.07 Å². The first-order chi connectivity index (χ1) is 9.26. The summed E-state index contributed by atoms with van der Waals surface area (Å²) in [4.78, 5) is 10.8. The van der Waals surface area contributed by atoms with E-state index in [2.05, 4.69) is 25.9 Å². The second-order valence-corrected chi connectivity index (χ2v) is 5.97. The van der Waals surface area contributed by atoms with Crippen LogP contribution in [0.2, 0.25) is 0 Å². The SMILES string of the molecule is CC(C)(C)Cc1ccc(O)c(-c2cc(C(=O)O)no2)c1. The van der Waals surface area contributed by atoms with Gasteiger partial charge in [-0.05, 0) is 29.5 Å². The third kappa shape index (κ3) is 3.17. The lowest BCUT2D eigenvalue weighted by atomic mass is 9.87. The van der Waals surface area contributed by atoms with Crippen LogP contribution < -0.4 is 0 Å². The standard InChI is InChI=1S/C15H17NO4/c1-15(2,3)8-9-4-5-12(17)10(6-9)13-7-11(14(18)19)16-20-13/h4-7,17H,8H2,1-3H3,(H,18,19). The molecule has 2 rings (SSSR count). The number of benzene rings is 1. The fraction of sp³-hybridized carbons (Fsp3) is 0.333. The van der Waals surface area contributed by atoms with Crippen molar-refractivity contribution in [1.82, 2.24) is 5.16 Å². The molecule has 2 N–H and O–H groups in total. The van der Waals surface area contributed by atoms with Gasteiger partial charge in [-0.25, -0.2) is 4.79 Å². The average Bonchev–Trinajstić information content (AvgIpc) is 2.79. The lowest BCUT2D eigenvalue weighted by Gasteiger charge is -2.18. The van der Waals surface area contributed by atoms with Crippen molar-refractivity contribution in [2.75, 3.05) is 0 Å². The molecule has 2 aromatic rings. The van der Waals surface area contributed by atoms with Crippen LogP contribution in [0.1, 0.15) is 36.8 Å². The van der Waals surface area contributed by atoms with E-state index in [0.717, 1.165) is 12.0 Å². The van der Waals surface area contributed by atoms with Crippen LogP contribution in [-0.4, -0.2) is 21.3 Å². The molecule has 1 heterocycles. The molecule has 0 spiro atoms. The maximum atomic E-state index is 10.8. The highest BCUT2D eigenvalue weighted by Crippen LogP contribution is 2.32. The average molecular weight is 275 g/mol. The molecule has 106 valence electrons. The molecule has 0 aliphatic heterocycles. The smallest absolute Gasteiger partial charge is 0.358 e. The van der Waals surface area contributed by atoms with Crippen molar-refractivity contribution in [2.45, 2.75) is 27.2 Å². The van der Waals surface area contributed by atoms with Crippen molar-refractivity contribution in [1.29, 1.82) is 0 Å². The zero-order valence-electron chi connectivity index (χ0n) is 11.7. The Morgan fingerprint density at radius 2 is 2.00 bits per heavy atom. The van der Waals surface area contributed by atoms with Crippen LogP contribution >= 0.6 is 0 Å². The van der Waals surface area contributed by atoms with Gasteiger partial charge in [0.2, 0.25) is 0 Å². The van der Waals surface area contributed by atoms with Gasteiger partial charge in [0.15, 0.2) is 11.5 Å². The number of hydrogen-bond acceptors (Lipinski definition) is 4. The van der Waals surface area contributed by atoms with E-state index < -0.39 is 5.97 Å². The van der Waals surface area contributed by atoms with Gasteiger partial charge in [0.05, 0.1) is 5.56 Å². The van der Waals surface area contributed by atoms with Crippen molar-refractivity contribution < 1.29 is 19.5 Å². The van der Waals surface area contributed by atoms with Crippen molar-refractivity contribution in [3.63, 3.8) is 0 Å². The molecule has 0 aliphatic rings. The highest BCUT2D eigenvalue weighted by molar-refractivity contribution is 5.86. The number of carboxylic acids is 1. The molecule has 0 bridgehead atoms. The third-order valence-electron chi connectivity index (χ3n) is 2.79. The molecule has 0 unspecified atom stereocenters. The summed E-state index contributed by atoms with van der Waals surface area (Å²) in [6.45, 7) is 6.36. The minimum Gasteiger partial charge on any atom is -0.507 e. The summed E-state index contributed by atoms with van der Waals surface area (Å²) in [7, 11) is 0. The molecule has 0 saturated heterocycles. The van der Waals surface area contributed by atoms with E-state index in [9.17, 15) is 9.90 Å². The molecule has 0 fully saturated rings. The number of phenols is 1. The van der Waals surface area contributed by atoms with Crippen LogP contribution in [0.15, 0.2) is 28.8 Å². The van der Waals surface area contributed by atoms with Gasteiger partial charge >= 0.3 is 5.97 Å². The van der Waals surface area contributed by atoms with E-state index in [1.54, 1.807) is 12.1 Å². The van der Waals surface area contributed by atoms with Crippen molar-refractivity contribution in [2.24, 2.45) is 5.41 Å². The molecule has 0 amide bonds. The van der Waals surface area contributed by atoms with Crippen LogP contribution in [0.5, 0.6) is 5.75 Å². The summed E-state index contributed by atoms with van der Waals surface area (Å²) in [6.07, 6.45) is 0.834. The zero-order valence-corrected chi connectivity index (χ0v) is 11.7. The molecule has 0 aliphatic carbocycles. The Labute approximate surface area is 116 Å². The highest BCUT2D eigenvalue weighted by Gasteiger charge is 2.17. The minimum atomic E-state index is -1.16. The van der Waals surface area contributed by atoms with Gasteiger partial charge in [-0.3, -0.25) is 0 Å². The summed E-state index contributed by atoms with van der Waals surface area (Å²) >= 11 is 0.